The Labute approximate surface area is 121 Å². The van der Waals surface area contributed by atoms with Gasteiger partial charge in [0.15, 0.2) is 0 Å². The van der Waals surface area contributed by atoms with Crippen LogP contribution < -0.4 is 10.9 Å². The van der Waals surface area contributed by atoms with E-state index in [0.29, 0.717) is 16.3 Å². The van der Waals surface area contributed by atoms with Gasteiger partial charge in [-0.05, 0) is 37.6 Å². The van der Waals surface area contributed by atoms with Crippen molar-refractivity contribution in [2.45, 2.75) is 26.4 Å². The molecule has 0 saturated heterocycles. The normalized spacial score (nSPS) is 10.8. The summed E-state index contributed by atoms with van der Waals surface area (Å²) in [5.74, 6) is -0.393. The van der Waals surface area contributed by atoms with Crippen LogP contribution in [0.2, 0.25) is 5.02 Å². The van der Waals surface area contributed by atoms with Crippen LogP contribution in [-0.4, -0.2) is 15.8 Å². The predicted octanol–water partition coefficient (Wildman–Crippen LogP) is 2.90. The maximum absolute atomic E-state index is 13.2. The van der Waals surface area contributed by atoms with E-state index < -0.39 is 5.82 Å². The fourth-order valence-electron chi connectivity index (χ4n) is 1.79. The SMILES string of the molecule is CC(C)Nc1cnn(Cc2cc(F)ccc2Cl)c(=O)c1. The van der Waals surface area contributed by atoms with Crippen LogP contribution in [0.25, 0.3) is 0 Å². The number of hydrogen-bond acceptors (Lipinski definition) is 3. The number of halogens is 2. The minimum Gasteiger partial charge on any atom is -0.381 e. The molecule has 0 spiro atoms. The van der Waals surface area contributed by atoms with Crippen molar-refractivity contribution in [1.82, 2.24) is 9.78 Å². The summed E-state index contributed by atoms with van der Waals surface area (Å²) in [4.78, 5) is 11.9. The molecule has 0 fully saturated rings. The quantitative estimate of drug-likeness (QED) is 0.943. The molecule has 0 saturated carbocycles. The molecule has 0 aliphatic carbocycles. The first-order chi connectivity index (χ1) is 9.45. The second-order valence-corrected chi connectivity index (χ2v) is 5.18. The van der Waals surface area contributed by atoms with Crippen molar-refractivity contribution in [3.63, 3.8) is 0 Å². The molecule has 0 amide bonds. The van der Waals surface area contributed by atoms with Crippen LogP contribution >= 0.6 is 11.6 Å². The maximum atomic E-state index is 13.2. The van der Waals surface area contributed by atoms with Crippen LogP contribution in [0.1, 0.15) is 19.4 Å². The highest BCUT2D eigenvalue weighted by molar-refractivity contribution is 6.31. The predicted molar refractivity (Wildman–Crippen MR) is 77.8 cm³/mol. The third-order valence-electron chi connectivity index (χ3n) is 2.65. The van der Waals surface area contributed by atoms with E-state index in [4.69, 9.17) is 11.6 Å². The van der Waals surface area contributed by atoms with E-state index in [-0.39, 0.29) is 18.1 Å². The van der Waals surface area contributed by atoms with Gasteiger partial charge in [0.2, 0.25) is 0 Å². The zero-order valence-electron chi connectivity index (χ0n) is 11.2. The standard InChI is InChI=1S/C14H15ClFN3O/c1-9(2)18-12-6-14(20)19(17-7-12)8-10-5-11(16)3-4-13(10)15/h3-7,9,18H,8H2,1-2H3. The third-order valence-corrected chi connectivity index (χ3v) is 3.02. The minimum absolute atomic E-state index is 0.136. The lowest BCUT2D eigenvalue weighted by atomic mass is 10.2. The first kappa shape index (κ1) is 14.5. The summed E-state index contributed by atoms with van der Waals surface area (Å²) >= 11 is 5.98. The zero-order chi connectivity index (χ0) is 14.7. The van der Waals surface area contributed by atoms with Gasteiger partial charge in [-0.3, -0.25) is 4.79 Å². The van der Waals surface area contributed by atoms with Gasteiger partial charge in [-0.2, -0.15) is 5.10 Å². The number of benzene rings is 1. The van der Waals surface area contributed by atoms with Crippen LogP contribution in [0.15, 0.2) is 35.3 Å². The van der Waals surface area contributed by atoms with E-state index >= 15 is 0 Å². The Morgan fingerprint density at radius 3 is 2.80 bits per heavy atom. The molecule has 1 aromatic heterocycles. The summed E-state index contributed by atoms with van der Waals surface area (Å²) in [7, 11) is 0. The van der Waals surface area contributed by atoms with Gasteiger partial charge in [-0.15, -0.1) is 0 Å². The van der Waals surface area contributed by atoms with Gasteiger partial charge < -0.3 is 5.32 Å². The summed E-state index contributed by atoms with van der Waals surface area (Å²) in [6, 6.07) is 5.71. The summed E-state index contributed by atoms with van der Waals surface area (Å²) in [6.07, 6.45) is 1.56. The second kappa shape index (κ2) is 6.05. The number of nitrogens with one attached hydrogen (secondary N) is 1. The Balaban J connectivity index is 2.26. The fourth-order valence-corrected chi connectivity index (χ4v) is 1.97. The van der Waals surface area contributed by atoms with Crippen molar-refractivity contribution < 1.29 is 4.39 Å². The molecular weight excluding hydrogens is 281 g/mol. The van der Waals surface area contributed by atoms with Crippen LogP contribution in [0.3, 0.4) is 0 Å². The van der Waals surface area contributed by atoms with Gasteiger partial charge in [0, 0.05) is 17.1 Å². The highest BCUT2D eigenvalue weighted by atomic mass is 35.5. The number of nitrogens with zero attached hydrogens (tertiary/aromatic N) is 2. The molecule has 0 aliphatic heterocycles. The van der Waals surface area contributed by atoms with E-state index in [0.717, 1.165) is 0 Å². The first-order valence-corrected chi connectivity index (χ1v) is 6.61. The lowest BCUT2D eigenvalue weighted by Crippen LogP contribution is -2.24. The molecule has 1 N–H and O–H groups in total. The van der Waals surface area contributed by atoms with Gasteiger partial charge in [0.25, 0.3) is 5.56 Å². The molecule has 2 aromatic rings. The van der Waals surface area contributed by atoms with E-state index in [1.54, 1.807) is 6.20 Å². The van der Waals surface area contributed by atoms with Crippen molar-refractivity contribution in [3.8, 4) is 0 Å². The van der Waals surface area contributed by atoms with Crippen LogP contribution in [0, 0.1) is 5.82 Å². The molecule has 0 atom stereocenters. The number of hydrogen-bond donors (Lipinski definition) is 1. The first-order valence-electron chi connectivity index (χ1n) is 6.23. The van der Waals surface area contributed by atoms with Gasteiger partial charge in [0.1, 0.15) is 5.82 Å². The van der Waals surface area contributed by atoms with E-state index in [1.807, 2.05) is 13.8 Å². The molecule has 0 aliphatic rings. The fraction of sp³-hybridized carbons (Fsp3) is 0.286. The summed E-state index contributed by atoms with van der Waals surface area (Å²) in [5.41, 5.74) is 0.911. The number of aromatic nitrogens is 2. The van der Waals surface area contributed by atoms with Crippen LogP contribution in [0.5, 0.6) is 0 Å². The lowest BCUT2D eigenvalue weighted by molar-refractivity contribution is 0.610. The van der Waals surface area contributed by atoms with Crippen molar-refractivity contribution >= 4 is 17.3 Å². The highest BCUT2D eigenvalue weighted by Gasteiger charge is 2.06. The molecule has 6 heteroatoms. The van der Waals surface area contributed by atoms with Crippen LogP contribution in [0.4, 0.5) is 10.1 Å². The Bertz CT molecular complexity index is 670. The van der Waals surface area contributed by atoms with Crippen molar-refractivity contribution in [2.24, 2.45) is 0 Å². The Hall–Kier alpha value is -1.88. The highest BCUT2D eigenvalue weighted by Crippen LogP contribution is 2.17. The number of rotatable bonds is 4. The molecule has 0 bridgehead atoms. The summed E-state index contributed by atoms with van der Waals surface area (Å²) in [5, 5.41) is 7.56. The van der Waals surface area contributed by atoms with Crippen molar-refractivity contribution in [3.05, 3.63) is 57.2 Å². The summed E-state index contributed by atoms with van der Waals surface area (Å²) < 4.78 is 14.4. The van der Waals surface area contributed by atoms with Crippen molar-refractivity contribution in [1.29, 1.82) is 0 Å². The van der Waals surface area contributed by atoms with Gasteiger partial charge >= 0.3 is 0 Å². The lowest BCUT2D eigenvalue weighted by Gasteiger charge is -2.11. The Kier molecular flexibility index (Phi) is 4.39. The monoisotopic (exact) mass is 295 g/mol. The summed E-state index contributed by atoms with van der Waals surface area (Å²) in [6.45, 7) is 4.08. The molecule has 0 unspecified atom stereocenters. The Morgan fingerprint density at radius 1 is 1.40 bits per heavy atom. The molecule has 20 heavy (non-hydrogen) atoms. The molecule has 2 rings (SSSR count). The Morgan fingerprint density at radius 2 is 2.15 bits per heavy atom. The average Bonchev–Trinajstić information content (AvgIpc) is 2.36. The van der Waals surface area contributed by atoms with Crippen LogP contribution in [-0.2, 0) is 6.54 Å². The molecular formula is C14H15ClFN3O. The molecule has 106 valence electrons. The molecule has 4 nitrogen and oxygen atoms in total. The van der Waals surface area contributed by atoms with E-state index in [2.05, 4.69) is 10.4 Å². The topological polar surface area (TPSA) is 46.9 Å². The molecule has 0 radical (unpaired) electrons. The van der Waals surface area contributed by atoms with Gasteiger partial charge in [-0.25, -0.2) is 9.07 Å². The smallest absolute Gasteiger partial charge is 0.269 e. The van der Waals surface area contributed by atoms with E-state index in [9.17, 15) is 9.18 Å². The van der Waals surface area contributed by atoms with Gasteiger partial charge in [-0.1, -0.05) is 11.6 Å². The molecule has 1 heterocycles. The van der Waals surface area contributed by atoms with Gasteiger partial charge in [0.05, 0.1) is 18.4 Å². The maximum Gasteiger partial charge on any atom is 0.269 e. The van der Waals surface area contributed by atoms with E-state index in [1.165, 1.54) is 28.9 Å². The number of anilines is 1. The van der Waals surface area contributed by atoms with Crippen molar-refractivity contribution in [2.75, 3.05) is 5.32 Å². The second-order valence-electron chi connectivity index (χ2n) is 4.77. The minimum atomic E-state index is -0.393. The average molecular weight is 296 g/mol. The molecule has 1 aromatic carbocycles. The zero-order valence-corrected chi connectivity index (χ0v) is 12.0. The third kappa shape index (κ3) is 3.57. The largest absolute Gasteiger partial charge is 0.381 e.